The van der Waals surface area contributed by atoms with Gasteiger partial charge in [-0.15, -0.1) is 0 Å². The van der Waals surface area contributed by atoms with Gasteiger partial charge in [-0.1, -0.05) is 69.9 Å². The summed E-state index contributed by atoms with van der Waals surface area (Å²) in [5, 5.41) is 2.16. The van der Waals surface area contributed by atoms with Crippen LogP contribution in [-0.4, -0.2) is 31.0 Å². The topological polar surface area (TPSA) is 21.7 Å². The summed E-state index contributed by atoms with van der Waals surface area (Å²) in [5.41, 5.74) is 8.78. The van der Waals surface area contributed by atoms with E-state index in [1.54, 1.807) is 0 Å². The van der Waals surface area contributed by atoms with E-state index in [1.165, 1.54) is 52.7 Å². The van der Waals surface area contributed by atoms with Crippen LogP contribution in [-0.2, 0) is 9.57 Å². The smallest absolute Gasteiger partial charge is 0.177 e. The first-order valence-electron chi connectivity index (χ1n) is 16.1. The zero-order chi connectivity index (χ0) is 29.6. The molecule has 3 heteroatoms. The second-order valence-corrected chi connectivity index (χ2v) is 12.3. The van der Waals surface area contributed by atoms with Gasteiger partial charge < -0.3 is 4.74 Å². The fourth-order valence-corrected chi connectivity index (χ4v) is 4.77. The third-order valence-corrected chi connectivity index (χ3v) is 7.39. The number of allylic oxidation sites excluding steroid dienone is 10. The van der Waals surface area contributed by atoms with Crippen molar-refractivity contribution in [1.82, 2.24) is 5.06 Å². The van der Waals surface area contributed by atoms with Crippen molar-refractivity contribution < 1.29 is 9.57 Å². The standard InChI is InChI=1S/C37H63NO2/c1-31(2)17-11-19-33(5)21-13-23-35(7)25-15-28-38(40-37-27-9-10-30-39-37)29-16-26-36(8)24-14-22-34(6)20-12-18-32(3)4/h17-18,21-22,25-26,37H,9-16,19-20,23-24,27-30H2,1-8H3/b33-21+,34-22+,35-25+,36-26+. The molecule has 0 aromatic rings. The molecule has 1 atom stereocenters. The zero-order valence-electron chi connectivity index (χ0n) is 27.6. The molecular weight excluding hydrogens is 490 g/mol. The van der Waals surface area contributed by atoms with Crippen LogP contribution in [0.2, 0.25) is 0 Å². The lowest BCUT2D eigenvalue weighted by Gasteiger charge is -2.29. The van der Waals surface area contributed by atoms with Crippen molar-refractivity contribution in [2.45, 2.75) is 145 Å². The molecule has 1 aliphatic rings. The molecule has 0 aromatic heterocycles. The van der Waals surface area contributed by atoms with Crippen LogP contribution in [0.5, 0.6) is 0 Å². The second kappa shape index (κ2) is 22.9. The zero-order valence-corrected chi connectivity index (χ0v) is 27.6. The maximum atomic E-state index is 6.31. The van der Waals surface area contributed by atoms with Gasteiger partial charge in [-0.3, -0.25) is 4.84 Å². The van der Waals surface area contributed by atoms with Crippen molar-refractivity contribution in [2.75, 3.05) is 19.7 Å². The van der Waals surface area contributed by atoms with Gasteiger partial charge in [0.05, 0.1) is 0 Å². The van der Waals surface area contributed by atoms with Gasteiger partial charge in [0.25, 0.3) is 0 Å². The van der Waals surface area contributed by atoms with Gasteiger partial charge in [0, 0.05) is 26.1 Å². The van der Waals surface area contributed by atoms with Crippen molar-refractivity contribution >= 4 is 0 Å². The molecule has 1 heterocycles. The van der Waals surface area contributed by atoms with Crippen molar-refractivity contribution in [3.8, 4) is 0 Å². The average molecular weight is 554 g/mol. The van der Waals surface area contributed by atoms with E-state index < -0.39 is 0 Å². The van der Waals surface area contributed by atoms with E-state index in [4.69, 9.17) is 9.57 Å². The van der Waals surface area contributed by atoms with Crippen LogP contribution in [0.1, 0.15) is 139 Å². The molecule has 0 spiro atoms. The Morgan fingerprint density at radius 2 is 0.975 bits per heavy atom. The van der Waals surface area contributed by atoms with Crippen LogP contribution >= 0.6 is 0 Å². The van der Waals surface area contributed by atoms with E-state index in [2.05, 4.69) is 96.9 Å². The summed E-state index contributed by atoms with van der Waals surface area (Å²) < 4.78 is 5.88. The summed E-state index contributed by atoms with van der Waals surface area (Å²) in [6, 6.07) is 0. The molecular formula is C37H63NO2. The Kier molecular flexibility index (Phi) is 20.8. The van der Waals surface area contributed by atoms with Gasteiger partial charge in [0.15, 0.2) is 6.29 Å². The quantitative estimate of drug-likeness (QED) is 0.110. The summed E-state index contributed by atoms with van der Waals surface area (Å²) in [6.07, 6.45) is 28.8. The van der Waals surface area contributed by atoms with E-state index in [-0.39, 0.29) is 6.29 Å². The number of hydrogen-bond acceptors (Lipinski definition) is 3. The number of ether oxygens (including phenoxy) is 1. The Morgan fingerprint density at radius 3 is 1.35 bits per heavy atom. The monoisotopic (exact) mass is 553 g/mol. The summed E-state index contributed by atoms with van der Waals surface area (Å²) in [4.78, 5) is 6.31. The lowest BCUT2D eigenvalue weighted by molar-refractivity contribution is -0.289. The van der Waals surface area contributed by atoms with Crippen molar-refractivity contribution in [3.63, 3.8) is 0 Å². The van der Waals surface area contributed by atoms with Crippen molar-refractivity contribution in [1.29, 1.82) is 0 Å². The summed E-state index contributed by atoms with van der Waals surface area (Å²) in [5.74, 6) is 0. The molecule has 1 rings (SSSR count). The van der Waals surface area contributed by atoms with Crippen LogP contribution in [0.3, 0.4) is 0 Å². The molecule has 40 heavy (non-hydrogen) atoms. The lowest BCUT2D eigenvalue weighted by Crippen LogP contribution is -2.34. The fraction of sp³-hybridized carbons (Fsp3) is 0.676. The Balaban J connectivity index is 2.49. The third kappa shape index (κ3) is 21.1. The number of nitrogens with zero attached hydrogens (tertiary/aromatic N) is 1. The largest absolute Gasteiger partial charge is 0.351 e. The van der Waals surface area contributed by atoms with E-state index in [0.29, 0.717) is 0 Å². The molecule has 0 bridgehead atoms. The van der Waals surface area contributed by atoms with Gasteiger partial charge in [0.1, 0.15) is 0 Å². The first-order valence-corrected chi connectivity index (χ1v) is 16.1. The van der Waals surface area contributed by atoms with Crippen LogP contribution in [0.15, 0.2) is 69.9 Å². The highest BCUT2D eigenvalue weighted by molar-refractivity contribution is 5.07. The van der Waals surface area contributed by atoms with Crippen molar-refractivity contribution in [3.05, 3.63) is 69.9 Å². The number of hydroxylamine groups is 2. The Morgan fingerprint density at radius 1 is 0.575 bits per heavy atom. The van der Waals surface area contributed by atoms with E-state index in [9.17, 15) is 0 Å². The van der Waals surface area contributed by atoms with E-state index >= 15 is 0 Å². The van der Waals surface area contributed by atoms with E-state index in [0.717, 1.165) is 83.9 Å². The minimum atomic E-state index is -0.0807. The molecule has 1 aliphatic heterocycles. The van der Waals surface area contributed by atoms with Crippen LogP contribution in [0.25, 0.3) is 0 Å². The SMILES string of the molecule is CC(C)=CCC/C(C)=C/CC/C(C)=C/CCN(CC/C=C(\C)CC/C=C(\C)CCC=C(C)C)OC1CCCCO1. The highest BCUT2D eigenvalue weighted by Crippen LogP contribution is 2.17. The predicted octanol–water partition coefficient (Wildman–Crippen LogP) is 11.4. The first-order chi connectivity index (χ1) is 19.2. The Bertz CT molecular complexity index is 795. The van der Waals surface area contributed by atoms with Gasteiger partial charge in [-0.2, -0.15) is 5.06 Å². The predicted molar refractivity (Wildman–Crippen MR) is 176 cm³/mol. The second-order valence-electron chi connectivity index (χ2n) is 12.3. The molecule has 1 unspecified atom stereocenters. The Labute approximate surface area is 249 Å². The molecule has 228 valence electrons. The summed E-state index contributed by atoms with van der Waals surface area (Å²) in [7, 11) is 0. The van der Waals surface area contributed by atoms with Crippen LogP contribution in [0, 0.1) is 0 Å². The van der Waals surface area contributed by atoms with Crippen molar-refractivity contribution in [2.24, 2.45) is 0 Å². The molecule has 0 amide bonds. The molecule has 1 saturated heterocycles. The van der Waals surface area contributed by atoms with Gasteiger partial charge in [-0.05, 0) is 132 Å². The molecule has 3 nitrogen and oxygen atoms in total. The van der Waals surface area contributed by atoms with Gasteiger partial charge in [0.2, 0.25) is 0 Å². The highest BCUT2D eigenvalue weighted by Gasteiger charge is 2.18. The maximum Gasteiger partial charge on any atom is 0.177 e. The summed E-state index contributed by atoms with van der Waals surface area (Å²) in [6.45, 7) is 20.4. The van der Waals surface area contributed by atoms with Crippen LogP contribution in [0.4, 0.5) is 0 Å². The third-order valence-electron chi connectivity index (χ3n) is 7.39. The lowest BCUT2D eigenvalue weighted by atomic mass is 10.1. The number of rotatable bonds is 20. The molecule has 0 saturated carbocycles. The highest BCUT2D eigenvalue weighted by atomic mass is 16.8. The normalized spacial score (nSPS) is 17.4. The molecule has 0 aliphatic carbocycles. The first kappa shape index (κ1) is 36.3. The maximum absolute atomic E-state index is 6.31. The van der Waals surface area contributed by atoms with E-state index in [1.807, 2.05) is 0 Å². The minimum absolute atomic E-state index is 0.0807. The van der Waals surface area contributed by atoms with Gasteiger partial charge in [-0.25, -0.2) is 0 Å². The Hall–Kier alpha value is -1.68. The average Bonchev–Trinajstić information content (AvgIpc) is 2.88. The molecule has 1 fully saturated rings. The molecule has 0 radical (unpaired) electrons. The fourth-order valence-electron chi connectivity index (χ4n) is 4.77. The van der Waals surface area contributed by atoms with Gasteiger partial charge >= 0.3 is 0 Å². The minimum Gasteiger partial charge on any atom is -0.351 e. The van der Waals surface area contributed by atoms with Crippen LogP contribution < -0.4 is 0 Å². The number of hydrogen-bond donors (Lipinski definition) is 0. The molecule has 0 N–H and O–H groups in total. The summed E-state index contributed by atoms with van der Waals surface area (Å²) >= 11 is 0. The molecule has 0 aromatic carbocycles.